The highest BCUT2D eigenvalue weighted by atomic mass is 32.1. The molecule has 1 atom stereocenters. The number of thiazole rings is 1. The van der Waals surface area contributed by atoms with Gasteiger partial charge in [0.05, 0.1) is 11.8 Å². The zero-order valence-electron chi connectivity index (χ0n) is 7.73. The molecule has 4 heteroatoms. The highest BCUT2D eigenvalue weighted by molar-refractivity contribution is 7.13. The molecular weight excluding hydrogens is 184 g/mol. The van der Waals surface area contributed by atoms with E-state index in [1.807, 2.05) is 0 Å². The van der Waals surface area contributed by atoms with E-state index in [2.05, 4.69) is 22.2 Å². The van der Waals surface area contributed by atoms with Crippen LogP contribution in [0.4, 0.5) is 5.13 Å². The van der Waals surface area contributed by atoms with Gasteiger partial charge in [-0.2, -0.15) is 0 Å². The number of aliphatic hydroxyl groups is 1. The Morgan fingerprint density at radius 3 is 3.15 bits per heavy atom. The van der Waals surface area contributed by atoms with Crippen LogP contribution in [0.5, 0.6) is 0 Å². The number of rotatable bonds is 2. The number of aliphatic hydroxyl groups excluding tert-OH is 1. The van der Waals surface area contributed by atoms with E-state index in [9.17, 15) is 5.11 Å². The third-order valence-corrected chi connectivity index (χ3v) is 3.29. The first-order chi connectivity index (χ1) is 6.29. The molecular formula is C9H14N2OS. The summed E-state index contributed by atoms with van der Waals surface area (Å²) in [7, 11) is 0. The number of nitrogens with zero attached hydrogens (tertiary/aromatic N) is 2. The van der Waals surface area contributed by atoms with Crippen molar-refractivity contribution in [3.63, 3.8) is 0 Å². The van der Waals surface area contributed by atoms with Crippen LogP contribution in [0.1, 0.15) is 19.0 Å². The fourth-order valence-corrected chi connectivity index (χ4v) is 2.47. The van der Waals surface area contributed by atoms with Gasteiger partial charge in [-0.15, -0.1) is 11.3 Å². The van der Waals surface area contributed by atoms with Gasteiger partial charge < -0.3 is 10.0 Å². The molecule has 3 nitrogen and oxygen atoms in total. The lowest BCUT2D eigenvalue weighted by Gasteiger charge is -2.12. The summed E-state index contributed by atoms with van der Waals surface area (Å²) in [4.78, 5) is 6.64. The Morgan fingerprint density at radius 1 is 1.77 bits per heavy atom. The second-order valence-electron chi connectivity index (χ2n) is 3.36. The topological polar surface area (TPSA) is 36.4 Å². The largest absolute Gasteiger partial charge is 0.391 e. The van der Waals surface area contributed by atoms with Gasteiger partial charge in [-0.3, -0.25) is 0 Å². The normalized spacial score (nSPS) is 22.6. The summed E-state index contributed by atoms with van der Waals surface area (Å²) in [5, 5.41) is 12.5. The third kappa shape index (κ3) is 1.84. The first-order valence-corrected chi connectivity index (χ1v) is 5.55. The van der Waals surface area contributed by atoms with Crippen molar-refractivity contribution in [2.75, 3.05) is 18.0 Å². The standard InChI is InChI=1S/C9H14N2OS/c1-2-7-6-13-9(10-7)11-4-3-8(12)5-11/h6,8,12H,2-5H2,1H3/t8-/m0/s1. The van der Waals surface area contributed by atoms with E-state index in [1.54, 1.807) is 11.3 Å². The van der Waals surface area contributed by atoms with E-state index < -0.39 is 0 Å². The fraction of sp³-hybridized carbons (Fsp3) is 0.667. The summed E-state index contributed by atoms with van der Waals surface area (Å²) in [6, 6.07) is 0. The molecule has 0 saturated carbocycles. The predicted octanol–water partition coefficient (Wildman–Crippen LogP) is 1.28. The molecule has 1 N–H and O–H groups in total. The first-order valence-electron chi connectivity index (χ1n) is 4.67. The molecule has 0 aromatic carbocycles. The van der Waals surface area contributed by atoms with Crippen LogP contribution in [0.15, 0.2) is 5.38 Å². The smallest absolute Gasteiger partial charge is 0.185 e. The Hall–Kier alpha value is -0.610. The first kappa shape index (κ1) is 8.97. The number of aryl methyl sites for hydroxylation is 1. The van der Waals surface area contributed by atoms with Crippen molar-refractivity contribution < 1.29 is 5.11 Å². The molecule has 2 rings (SSSR count). The van der Waals surface area contributed by atoms with E-state index in [0.717, 1.165) is 36.8 Å². The van der Waals surface area contributed by atoms with Gasteiger partial charge in [-0.25, -0.2) is 4.98 Å². The Balaban J connectivity index is 2.08. The van der Waals surface area contributed by atoms with Gasteiger partial charge in [0, 0.05) is 18.5 Å². The molecule has 1 fully saturated rings. The van der Waals surface area contributed by atoms with E-state index in [4.69, 9.17) is 0 Å². The van der Waals surface area contributed by atoms with Crippen LogP contribution in [0.2, 0.25) is 0 Å². The van der Waals surface area contributed by atoms with E-state index in [-0.39, 0.29) is 6.10 Å². The summed E-state index contributed by atoms with van der Waals surface area (Å²) in [6.45, 7) is 3.80. The van der Waals surface area contributed by atoms with E-state index >= 15 is 0 Å². The van der Waals surface area contributed by atoms with Crippen LogP contribution in [0, 0.1) is 0 Å². The monoisotopic (exact) mass is 198 g/mol. The minimum absolute atomic E-state index is 0.158. The van der Waals surface area contributed by atoms with E-state index in [1.165, 1.54) is 0 Å². The average Bonchev–Trinajstić information content (AvgIpc) is 2.71. The molecule has 13 heavy (non-hydrogen) atoms. The minimum atomic E-state index is -0.158. The maximum Gasteiger partial charge on any atom is 0.185 e. The van der Waals surface area contributed by atoms with E-state index in [0.29, 0.717) is 0 Å². The molecule has 1 aliphatic heterocycles. The molecule has 0 spiro atoms. The second-order valence-corrected chi connectivity index (χ2v) is 4.20. The van der Waals surface area contributed by atoms with Crippen molar-refractivity contribution in [1.29, 1.82) is 0 Å². The Bertz CT molecular complexity index is 287. The maximum absolute atomic E-state index is 9.36. The Kier molecular flexibility index (Phi) is 2.51. The van der Waals surface area contributed by atoms with Gasteiger partial charge in [-0.1, -0.05) is 6.92 Å². The van der Waals surface area contributed by atoms with Gasteiger partial charge in [0.1, 0.15) is 0 Å². The van der Waals surface area contributed by atoms with Crippen molar-refractivity contribution in [3.8, 4) is 0 Å². The Labute approximate surface area is 82.0 Å². The van der Waals surface area contributed by atoms with Gasteiger partial charge in [0.15, 0.2) is 5.13 Å². The van der Waals surface area contributed by atoms with Gasteiger partial charge in [-0.05, 0) is 12.8 Å². The van der Waals surface area contributed by atoms with Crippen molar-refractivity contribution >= 4 is 16.5 Å². The lowest BCUT2D eigenvalue weighted by molar-refractivity contribution is 0.198. The van der Waals surface area contributed by atoms with Crippen LogP contribution in [-0.4, -0.2) is 29.3 Å². The highest BCUT2D eigenvalue weighted by Crippen LogP contribution is 2.24. The summed E-state index contributed by atoms with van der Waals surface area (Å²) >= 11 is 1.68. The zero-order chi connectivity index (χ0) is 9.26. The summed E-state index contributed by atoms with van der Waals surface area (Å²) < 4.78 is 0. The molecule has 1 aromatic rings. The van der Waals surface area contributed by atoms with Crippen LogP contribution < -0.4 is 4.90 Å². The molecule has 1 saturated heterocycles. The molecule has 0 aliphatic carbocycles. The molecule has 72 valence electrons. The van der Waals surface area contributed by atoms with Crippen molar-refractivity contribution in [2.24, 2.45) is 0 Å². The van der Waals surface area contributed by atoms with Gasteiger partial charge in [0.25, 0.3) is 0 Å². The molecule has 0 bridgehead atoms. The molecule has 0 radical (unpaired) electrons. The quantitative estimate of drug-likeness (QED) is 0.777. The second kappa shape index (κ2) is 3.64. The zero-order valence-corrected chi connectivity index (χ0v) is 8.55. The molecule has 1 aliphatic rings. The molecule has 2 heterocycles. The van der Waals surface area contributed by atoms with Gasteiger partial charge in [0.2, 0.25) is 0 Å². The average molecular weight is 198 g/mol. The lowest BCUT2D eigenvalue weighted by Crippen LogP contribution is -2.20. The van der Waals surface area contributed by atoms with Crippen LogP contribution >= 0.6 is 11.3 Å². The predicted molar refractivity (Wildman–Crippen MR) is 54.3 cm³/mol. The molecule has 0 amide bonds. The fourth-order valence-electron chi connectivity index (χ4n) is 1.52. The van der Waals surface area contributed by atoms with Gasteiger partial charge >= 0.3 is 0 Å². The number of hydrogen-bond donors (Lipinski definition) is 1. The van der Waals surface area contributed by atoms with Crippen molar-refractivity contribution in [1.82, 2.24) is 4.98 Å². The number of hydrogen-bond acceptors (Lipinski definition) is 4. The Morgan fingerprint density at radius 2 is 2.62 bits per heavy atom. The SMILES string of the molecule is CCc1csc(N2CC[C@H](O)C2)n1. The van der Waals surface area contributed by atoms with Crippen LogP contribution in [-0.2, 0) is 6.42 Å². The maximum atomic E-state index is 9.36. The third-order valence-electron chi connectivity index (χ3n) is 2.34. The molecule has 0 unspecified atom stereocenters. The number of anilines is 1. The van der Waals surface area contributed by atoms with Crippen LogP contribution in [0.3, 0.4) is 0 Å². The lowest BCUT2D eigenvalue weighted by atomic mass is 10.3. The van der Waals surface area contributed by atoms with Crippen molar-refractivity contribution in [2.45, 2.75) is 25.9 Å². The summed E-state index contributed by atoms with van der Waals surface area (Å²) in [5.74, 6) is 0. The number of β-amino-alcohol motifs (C(OH)–C–C–N with tert-alkyl or cyclic N) is 1. The van der Waals surface area contributed by atoms with Crippen molar-refractivity contribution in [3.05, 3.63) is 11.1 Å². The van der Waals surface area contributed by atoms with Crippen LogP contribution in [0.25, 0.3) is 0 Å². The molecule has 1 aromatic heterocycles. The summed E-state index contributed by atoms with van der Waals surface area (Å²) in [5.41, 5.74) is 1.15. The minimum Gasteiger partial charge on any atom is -0.391 e. The number of aromatic nitrogens is 1. The summed E-state index contributed by atoms with van der Waals surface area (Å²) in [6.07, 6.45) is 1.71. The highest BCUT2D eigenvalue weighted by Gasteiger charge is 2.22.